The second-order valence-corrected chi connectivity index (χ2v) is 5.53. The first-order valence-corrected chi connectivity index (χ1v) is 5.17. The van der Waals surface area contributed by atoms with E-state index in [0.717, 1.165) is 6.42 Å². The van der Waals surface area contributed by atoms with Crippen LogP contribution < -0.4 is 0 Å². The Bertz CT molecular complexity index is 375. The molecule has 76 valence electrons. The van der Waals surface area contributed by atoms with Crippen molar-refractivity contribution in [3.63, 3.8) is 0 Å². The fraction of sp³-hybridized carbons (Fsp3) is 0.538. The molecule has 14 heavy (non-hydrogen) atoms. The van der Waals surface area contributed by atoms with Crippen molar-refractivity contribution in [3.05, 3.63) is 29.3 Å². The third kappa shape index (κ3) is 1.08. The highest BCUT2D eigenvalue weighted by atomic mass is 16.3. The molecule has 0 saturated carbocycles. The van der Waals surface area contributed by atoms with Gasteiger partial charge in [0.15, 0.2) is 0 Å². The Morgan fingerprint density at radius 3 is 2.43 bits per heavy atom. The molecule has 0 spiro atoms. The third-order valence-electron chi connectivity index (χ3n) is 4.09. The van der Waals surface area contributed by atoms with Crippen molar-refractivity contribution in [2.45, 2.75) is 39.5 Å². The van der Waals surface area contributed by atoms with Crippen molar-refractivity contribution < 1.29 is 5.11 Å². The fourth-order valence-electron chi connectivity index (χ4n) is 2.40. The van der Waals surface area contributed by atoms with E-state index in [0.29, 0.717) is 5.75 Å². The second-order valence-electron chi connectivity index (χ2n) is 5.53. The molecule has 2 rings (SSSR count). The van der Waals surface area contributed by atoms with Crippen molar-refractivity contribution in [1.29, 1.82) is 0 Å². The molecule has 0 bridgehead atoms. The normalized spacial score (nSPS) is 22.0. The molecule has 1 heteroatoms. The van der Waals surface area contributed by atoms with E-state index in [-0.39, 0.29) is 10.8 Å². The summed E-state index contributed by atoms with van der Waals surface area (Å²) in [6.07, 6.45) is 1.06. The first-order valence-electron chi connectivity index (χ1n) is 5.17. The highest BCUT2D eigenvalue weighted by molar-refractivity contribution is 5.45. The lowest BCUT2D eigenvalue weighted by molar-refractivity contribution is 0.225. The molecule has 0 fully saturated rings. The Balaban J connectivity index is 2.60. The van der Waals surface area contributed by atoms with E-state index in [9.17, 15) is 5.11 Å². The zero-order valence-electron chi connectivity index (χ0n) is 9.39. The first kappa shape index (κ1) is 9.57. The number of phenolic OH excluding ortho intramolecular Hbond substituents is 1. The molecule has 1 nitrogen and oxygen atoms in total. The van der Waals surface area contributed by atoms with E-state index >= 15 is 0 Å². The standard InChI is InChI=1S/C13H18O/c1-12(2)8-9-7-10(14)5-6-11(9)13(12,3)4/h5-7,14H,8H2,1-4H3. The molecule has 0 heterocycles. The van der Waals surface area contributed by atoms with Crippen LogP contribution in [-0.2, 0) is 11.8 Å². The number of rotatable bonds is 0. The summed E-state index contributed by atoms with van der Waals surface area (Å²) in [6, 6.07) is 5.77. The van der Waals surface area contributed by atoms with Crippen LogP contribution in [0.1, 0.15) is 38.8 Å². The van der Waals surface area contributed by atoms with E-state index < -0.39 is 0 Å². The van der Waals surface area contributed by atoms with Gasteiger partial charge in [-0.25, -0.2) is 0 Å². The molecule has 0 radical (unpaired) electrons. The average molecular weight is 190 g/mol. The molecule has 0 atom stereocenters. The Morgan fingerprint density at radius 2 is 1.79 bits per heavy atom. The smallest absolute Gasteiger partial charge is 0.115 e. The zero-order valence-corrected chi connectivity index (χ0v) is 9.39. The predicted molar refractivity (Wildman–Crippen MR) is 58.6 cm³/mol. The summed E-state index contributed by atoms with van der Waals surface area (Å²) in [5, 5.41) is 9.44. The van der Waals surface area contributed by atoms with Gasteiger partial charge in [-0.05, 0) is 40.5 Å². The number of phenols is 1. The summed E-state index contributed by atoms with van der Waals surface area (Å²) in [5.74, 6) is 0.386. The molecule has 0 unspecified atom stereocenters. The monoisotopic (exact) mass is 190 g/mol. The molecule has 0 saturated heterocycles. The number of fused-ring (bicyclic) bond motifs is 1. The lowest BCUT2D eigenvalue weighted by Crippen LogP contribution is -2.32. The minimum atomic E-state index is 0.204. The van der Waals surface area contributed by atoms with Crippen molar-refractivity contribution in [3.8, 4) is 5.75 Å². The Morgan fingerprint density at radius 1 is 1.14 bits per heavy atom. The van der Waals surface area contributed by atoms with Crippen LogP contribution in [-0.4, -0.2) is 5.11 Å². The largest absolute Gasteiger partial charge is 0.508 e. The van der Waals surface area contributed by atoms with Crippen LogP contribution in [0, 0.1) is 5.41 Å². The van der Waals surface area contributed by atoms with E-state index in [4.69, 9.17) is 0 Å². The van der Waals surface area contributed by atoms with Crippen LogP contribution >= 0.6 is 0 Å². The van der Waals surface area contributed by atoms with E-state index in [1.807, 2.05) is 6.07 Å². The van der Waals surface area contributed by atoms with E-state index in [1.165, 1.54) is 11.1 Å². The van der Waals surface area contributed by atoms with Crippen molar-refractivity contribution in [2.75, 3.05) is 0 Å². The lowest BCUT2D eigenvalue weighted by atomic mass is 9.69. The molecular weight excluding hydrogens is 172 g/mol. The van der Waals surface area contributed by atoms with Gasteiger partial charge in [-0.3, -0.25) is 0 Å². The van der Waals surface area contributed by atoms with Crippen LogP contribution in [0.4, 0.5) is 0 Å². The van der Waals surface area contributed by atoms with Crippen molar-refractivity contribution >= 4 is 0 Å². The highest BCUT2D eigenvalue weighted by Gasteiger charge is 2.45. The second kappa shape index (κ2) is 2.53. The van der Waals surface area contributed by atoms with Crippen LogP contribution in [0.25, 0.3) is 0 Å². The maximum Gasteiger partial charge on any atom is 0.115 e. The third-order valence-corrected chi connectivity index (χ3v) is 4.09. The van der Waals surface area contributed by atoms with E-state index in [2.05, 4.69) is 33.8 Å². The minimum Gasteiger partial charge on any atom is -0.508 e. The molecule has 1 N–H and O–H groups in total. The average Bonchev–Trinajstić information content (AvgIpc) is 2.18. The summed E-state index contributed by atoms with van der Waals surface area (Å²) >= 11 is 0. The molecule has 1 aromatic rings. The van der Waals surface area contributed by atoms with Gasteiger partial charge in [0.25, 0.3) is 0 Å². The maximum absolute atomic E-state index is 9.44. The molecule has 1 aliphatic carbocycles. The van der Waals surface area contributed by atoms with Gasteiger partial charge in [0.2, 0.25) is 0 Å². The van der Waals surface area contributed by atoms with Crippen LogP contribution in [0.2, 0.25) is 0 Å². The summed E-state index contributed by atoms with van der Waals surface area (Å²) in [4.78, 5) is 0. The number of benzene rings is 1. The van der Waals surface area contributed by atoms with Crippen molar-refractivity contribution in [2.24, 2.45) is 5.41 Å². The highest BCUT2D eigenvalue weighted by Crippen LogP contribution is 2.51. The molecule has 0 amide bonds. The van der Waals surface area contributed by atoms with E-state index in [1.54, 1.807) is 6.07 Å². The minimum absolute atomic E-state index is 0.204. The van der Waals surface area contributed by atoms with Crippen LogP contribution in [0.5, 0.6) is 5.75 Å². The van der Waals surface area contributed by atoms with Crippen molar-refractivity contribution in [1.82, 2.24) is 0 Å². The molecule has 0 aliphatic heterocycles. The summed E-state index contributed by atoms with van der Waals surface area (Å²) < 4.78 is 0. The lowest BCUT2D eigenvalue weighted by Gasteiger charge is -2.35. The first-order chi connectivity index (χ1) is 6.34. The SMILES string of the molecule is CC1(C)Cc2cc(O)ccc2C1(C)C. The number of aromatic hydroxyl groups is 1. The summed E-state index contributed by atoms with van der Waals surface area (Å²) in [5.41, 5.74) is 3.18. The van der Waals surface area contributed by atoms with Gasteiger partial charge in [0.05, 0.1) is 0 Å². The molecule has 0 aromatic heterocycles. The van der Waals surface area contributed by atoms with Gasteiger partial charge in [-0.2, -0.15) is 0 Å². The maximum atomic E-state index is 9.44. The van der Waals surface area contributed by atoms with Gasteiger partial charge >= 0.3 is 0 Å². The van der Waals surface area contributed by atoms with Gasteiger partial charge in [0.1, 0.15) is 5.75 Å². The molecule has 1 aliphatic rings. The number of hydrogen-bond donors (Lipinski definition) is 1. The summed E-state index contributed by atoms with van der Waals surface area (Å²) in [7, 11) is 0. The van der Waals surface area contributed by atoms with Gasteiger partial charge in [-0.1, -0.05) is 33.8 Å². The molecular formula is C13H18O. The predicted octanol–water partition coefficient (Wildman–Crippen LogP) is 3.25. The fourth-order valence-corrected chi connectivity index (χ4v) is 2.40. The van der Waals surface area contributed by atoms with Gasteiger partial charge in [0, 0.05) is 0 Å². The van der Waals surface area contributed by atoms with Gasteiger partial charge < -0.3 is 5.11 Å². The Hall–Kier alpha value is -0.980. The Kier molecular flexibility index (Phi) is 1.73. The zero-order chi connectivity index (χ0) is 10.6. The topological polar surface area (TPSA) is 20.2 Å². The van der Waals surface area contributed by atoms with Gasteiger partial charge in [-0.15, -0.1) is 0 Å². The molecule has 1 aromatic carbocycles. The quantitative estimate of drug-likeness (QED) is 0.665. The van der Waals surface area contributed by atoms with Crippen LogP contribution in [0.3, 0.4) is 0 Å². The Labute approximate surface area is 85.8 Å². The van der Waals surface area contributed by atoms with Crippen LogP contribution in [0.15, 0.2) is 18.2 Å². The number of hydrogen-bond acceptors (Lipinski definition) is 1. The summed E-state index contributed by atoms with van der Waals surface area (Å²) in [6.45, 7) is 9.17.